The van der Waals surface area contributed by atoms with Crippen LogP contribution < -0.4 is 10.5 Å². The zero-order valence-electron chi connectivity index (χ0n) is 11.7. The number of carbonyl (C=O) groups is 1. The molecule has 0 heterocycles. The molecule has 0 aliphatic heterocycles. The summed E-state index contributed by atoms with van der Waals surface area (Å²) in [5, 5.41) is 9.14. The maximum absolute atomic E-state index is 11.2. The molecule has 2 aromatic rings. The Morgan fingerprint density at radius 2 is 1.85 bits per heavy atom. The summed E-state index contributed by atoms with van der Waals surface area (Å²) in [6, 6.07) is 8.95. The van der Waals surface area contributed by atoms with E-state index in [1.807, 2.05) is 32.0 Å². The molecule has 0 bridgehead atoms. The van der Waals surface area contributed by atoms with Crippen molar-refractivity contribution in [3.05, 3.63) is 52.6 Å². The molecule has 0 aliphatic rings. The predicted octanol–water partition coefficient (Wildman–Crippen LogP) is 3.68. The second-order valence-electron chi connectivity index (χ2n) is 4.81. The van der Waals surface area contributed by atoms with Crippen LogP contribution in [0.5, 0.6) is 11.5 Å². The van der Waals surface area contributed by atoms with Crippen LogP contribution in [0.15, 0.2) is 30.3 Å². The second-order valence-corrected chi connectivity index (χ2v) is 4.81. The molecule has 0 atom stereocenters. The van der Waals surface area contributed by atoms with Gasteiger partial charge in [0, 0.05) is 5.69 Å². The smallest absolute Gasteiger partial charge is 0.337 e. The van der Waals surface area contributed by atoms with Crippen LogP contribution in [0.3, 0.4) is 0 Å². The molecule has 2 aromatic carbocycles. The number of rotatable bonds is 3. The summed E-state index contributed by atoms with van der Waals surface area (Å²) in [7, 11) is 0. The average molecular weight is 271 g/mol. The van der Waals surface area contributed by atoms with Crippen LogP contribution in [0.2, 0.25) is 0 Å². The van der Waals surface area contributed by atoms with E-state index in [2.05, 4.69) is 0 Å². The van der Waals surface area contributed by atoms with Crippen molar-refractivity contribution in [2.45, 2.75) is 20.8 Å². The number of aromatic carboxylic acids is 1. The van der Waals surface area contributed by atoms with Crippen molar-refractivity contribution in [2.24, 2.45) is 0 Å². The molecule has 0 radical (unpaired) electrons. The van der Waals surface area contributed by atoms with E-state index in [1.165, 1.54) is 6.07 Å². The van der Waals surface area contributed by atoms with E-state index in [9.17, 15) is 4.79 Å². The second kappa shape index (κ2) is 5.25. The maximum Gasteiger partial charge on any atom is 0.337 e. The Balaban J connectivity index is 2.44. The van der Waals surface area contributed by atoms with Gasteiger partial charge in [-0.25, -0.2) is 4.79 Å². The highest BCUT2D eigenvalue weighted by molar-refractivity contribution is 5.95. The number of hydrogen-bond acceptors (Lipinski definition) is 3. The molecule has 0 amide bonds. The highest BCUT2D eigenvalue weighted by atomic mass is 16.5. The van der Waals surface area contributed by atoms with Gasteiger partial charge in [0.15, 0.2) is 0 Å². The molecule has 0 aromatic heterocycles. The van der Waals surface area contributed by atoms with Gasteiger partial charge < -0.3 is 15.6 Å². The number of benzene rings is 2. The standard InChI is InChI=1S/C16H17NO3/c1-9-5-4-6-14(11(9)3)20-12-7-10(2)15(17)13(8-12)16(18)19/h4-8H,17H2,1-3H3,(H,18,19). The highest BCUT2D eigenvalue weighted by Crippen LogP contribution is 2.30. The summed E-state index contributed by atoms with van der Waals surface area (Å²) in [4.78, 5) is 11.2. The number of carboxylic acid groups (broad SMARTS) is 1. The number of hydrogen-bond donors (Lipinski definition) is 2. The fourth-order valence-electron chi connectivity index (χ4n) is 1.96. The number of carboxylic acids is 1. The first kappa shape index (κ1) is 13.9. The van der Waals surface area contributed by atoms with Gasteiger partial charge in [-0.05, 0) is 55.7 Å². The summed E-state index contributed by atoms with van der Waals surface area (Å²) >= 11 is 0. The third-order valence-corrected chi connectivity index (χ3v) is 3.37. The van der Waals surface area contributed by atoms with Gasteiger partial charge >= 0.3 is 5.97 Å². The number of nitrogen functional groups attached to an aromatic ring is 1. The molecule has 20 heavy (non-hydrogen) atoms. The van der Waals surface area contributed by atoms with Crippen LogP contribution in [0.4, 0.5) is 5.69 Å². The van der Waals surface area contributed by atoms with Gasteiger partial charge in [-0.2, -0.15) is 0 Å². The monoisotopic (exact) mass is 271 g/mol. The minimum atomic E-state index is -1.06. The van der Waals surface area contributed by atoms with Crippen molar-refractivity contribution in [2.75, 3.05) is 5.73 Å². The van der Waals surface area contributed by atoms with E-state index >= 15 is 0 Å². The zero-order chi connectivity index (χ0) is 14.9. The number of nitrogens with two attached hydrogens (primary N) is 1. The first-order valence-corrected chi connectivity index (χ1v) is 6.27. The van der Waals surface area contributed by atoms with Crippen molar-refractivity contribution < 1.29 is 14.6 Å². The third kappa shape index (κ3) is 2.59. The lowest BCUT2D eigenvalue weighted by molar-refractivity contribution is 0.0697. The third-order valence-electron chi connectivity index (χ3n) is 3.37. The fraction of sp³-hybridized carbons (Fsp3) is 0.188. The predicted molar refractivity (Wildman–Crippen MR) is 78.5 cm³/mol. The first-order valence-electron chi connectivity index (χ1n) is 6.27. The Morgan fingerprint density at radius 1 is 1.15 bits per heavy atom. The van der Waals surface area contributed by atoms with Crippen LogP contribution in [0.25, 0.3) is 0 Å². The van der Waals surface area contributed by atoms with E-state index < -0.39 is 5.97 Å². The van der Waals surface area contributed by atoms with Crippen molar-refractivity contribution in [3.63, 3.8) is 0 Å². The Morgan fingerprint density at radius 3 is 2.50 bits per heavy atom. The molecule has 104 valence electrons. The van der Waals surface area contributed by atoms with Gasteiger partial charge in [-0.3, -0.25) is 0 Å². The van der Waals surface area contributed by atoms with E-state index in [4.69, 9.17) is 15.6 Å². The molecular weight excluding hydrogens is 254 g/mol. The van der Waals surface area contributed by atoms with E-state index in [0.29, 0.717) is 17.1 Å². The molecule has 3 N–H and O–H groups in total. The average Bonchev–Trinajstić information content (AvgIpc) is 2.38. The van der Waals surface area contributed by atoms with Gasteiger partial charge in [0.1, 0.15) is 11.5 Å². The van der Waals surface area contributed by atoms with Crippen LogP contribution in [0, 0.1) is 20.8 Å². The lowest BCUT2D eigenvalue weighted by Crippen LogP contribution is -2.04. The summed E-state index contributed by atoms with van der Waals surface area (Å²) in [5.74, 6) is 0.130. The summed E-state index contributed by atoms with van der Waals surface area (Å²) in [6.07, 6.45) is 0. The Bertz CT molecular complexity index is 678. The van der Waals surface area contributed by atoms with E-state index in [0.717, 1.165) is 11.1 Å². The highest BCUT2D eigenvalue weighted by Gasteiger charge is 2.13. The molecule has 4 heteroatoms. The van der Waals surface area contributed by atoms with Crippen LogP contribution in [0.1, 0.15) is 27.0 Å². The van der Waals surface area contributed by atoms with Gasteiger partial charge in [0.05, 0.1) is 5.56 Å². The molecule has 0 saturated carbocycles. The minimum absolute atomic E-state index is 0.0605. The van der Waals surface area contributed by atoms with Crippen LogP contribution in [-0.2, 0) is 0 Å². The first-order chi connectivity index (χ1) is 9.40. The van der Waals surface area contributed by atoms with Crippen molar-refractivity contribution in [3.8, 4) is 11.5 Å². The van der Waals surface area contributed by atoms with Crippen LogP contribution >= 0.6 is 0 Å². The van der Waals surface area contributed by atoms with Gasteiger partial charge in [-0.1, -0.05) is 12.1 Å². The van der Waals surface area contributed by atoms with Crippen LogP contribution in [-0.4, -0.2) is 11.1 Å². The molecule has 2 rings (SSSR count). The van der Waals surface area contributed by atoms with Crippen molar-refractivity contribution in [1.82, 2.24) is 0 Å². The topological polar surface area (TPSA) is 72.5 Å². The molecule has 0 saturated heterocycles. The number of ether oxygens (including phenoxy) is 1. The lowest BCUT2D eigenvalue weighted by Gasteiger charge is -2.13. The van der Waals surface area contributed by atoms with Crippen molar-refractivity contribution in [1.29, 1.82) is 0 Å². The van der Waals surface area contributed by atoms with Crippen molar-refractivity contribution >= 4 is 11.7 Å². The maximum atomic E-state index is 11.2. The van der Waals surface area contributed by atoms with E-state index in [1.54, 1.807) is 13.0 Å². The molecule has 0 unspecified atom stereocenters. The molecule has 4 nitrogen and oxygen atoms in total. The molecule has 0 fully saturated rings. The lowest BCUT2D eigenvalue weighted by atomic mass is 10.1. The van der Waals surface area contributed by atoms with Gasteiger partial charge in [0.2, 0.25) is 0 Å². The number of aryl methyl sites for hydroxylation is 2. The Hall–Kier alpha value is -2.49. The minimum Gasteiger partial charge on any atom is -0.478 e. The van der Waals surface area contributed by atoms with E-state index in [-0.39, 0.29) is 11.3 Å². The Labute approximate surface area is 117 Å². The zero-order valence-corrected chi connectivity index (χ0v) is 11.7. The van der Waals surface area contributed by atoms with Gasteiger partial charge in [-0.15, -0.1) is 0 Å². The number of anilines is 1. The molecule has 0 aliphatic carbocycles. The summed E-state index contributed by atoms with van der Waals surface area (Å²) in [5.41, 5.74) is 8.92. The SMILES string of the molecule is Cc1cccc(Oc2cc(C)c(N)c(C(=O)O)c2)c1C. The Kier molecular flexibility index (Phi) is 3.66. The van der Waals surface area contributed by atoms with Gasteiger partial charge in [0.25, 0.3) is 0 Å². The quantitative estimate of drug-likeness (QED) is 0.835. The molecule has 0 spiro atoms. The molecular formula is C16H17NO3. The normalized spacial score (nSPS) is 10.3. The largest absolute Gasteiger partial charge is 0.478 e. The summed E-state index contributed by atoms with van der Waals surface area (Å²) < 4.78 is 5.80. The fourth-order valence-corrected chi connectivity index (χ4v) is 1.96. The summed E-state index contributed by atoms with van der Waals surface area (Å²) in [6.45, 7) is 5.73.